The minimum Gasteiger partial charge on any atom is -0.383 e. The van der Waals surface area contributed by atoms with Crippen molar-refractivity contribution in [1.82, 2.24) is 30.2 Å². The van der Waals surface area contributed by atoms with Crippen LogP contribution in [-0.2, 0) is 12.6 Å². The van der Waals surface area contributed by atoms with Gasteiger partial charge in [0.2, 0.25) is 0 Å². The predicted octanol–water partition coefficient (Wildman–Crippen LogP) is -0.199. The summed E-state index contributed by atoms with van der Waals surface area (Å²) in [5.41, 5.74) is -0.256. The summed E-state index contributed by atoms with van der Waals surface area (Å²) in [7, 11) is 1.84. The van der Waals surface area contributed by atoms with Crippen molar-refractivity contribution < 1.29 is 5.11 Å². The number of fused-ring (bicyclic) bond motifs is 3. The molecule has 0 radical (unpaired) electrons. The summed E-state index contributed by atoms with van der Waals surface area (Å²) < 4.78 is 1.69. The van der Waals surface area contributed by atoms with E-state index in [4.69, 9.17) is 0 Å². The summed E-state index contributed by atoms with van der Waals surface area (Å²) in [6, 6.07) is 0.533. The molecule has 1 aromatic heterocycles. The molecule has 2 bridgehead atoms. The average molecular weight is 477 g/mol. The molecule has 3 N–H and O–H groups in total. The highest BCUT2D eigenvalue weighted by Crippen LogP contribution is 2.20. The van der Waals surface area contributed by atoms with Crippen molar-refractivity contribution in [2.45, 2.75) is 25.5 Å². The van der Waals surface area contributed by atoms with Crippen molar-refractivity contribution in [2.24, 2.45) is 12.0 Å². The first-order valence-electron chi connectivity index (χ1n) is 9.18. The molecule has 148 valence electrons. The van der Waals surface area contributed by atoms with Crippen LogP contribution in [0.2, 0.25) is 0 Å². The third-order valence-corrected chi connectivity index (χ3v) is 5.11. The Labute approximate surface area is 173 Å². The summed E-state index contributed by atoms with van der Waals surface area (Å²) in [4.78, 5) is 9.68. The Balaban J connectivity index is 0.00000243. The molecule has 0 saturated carbocycles. The third kappa shape index (κ3) is 5.30. The normalized spacial score (nSPS) is 27.5. The van der Waals surface area contributed by atoms with Crippen molar-refractivity contribution in [1.29, 1.82) is 0 Å². The van der Waals surface area contributed by atoms with Gasteiger partial charge in [-0.1, -0.05) is 0 Å². The molecule has 0 aliphatic carbocycles. The zero-order valence-corrected chi connectivity index (χ0v) is 18.3. The van der Waals surface area contributed by atoms with Crippen LogP contribution >= 0.6 is 24.0 Å². The average Bonchev–Trinajstić information content (AvgIpc) is 3.06. The lowest BCUT2D eigenvalue weighted by atomic mass is 10.0. The van der Waals surface area contributed by atoms with Crippen molar-refractivity contribution in [2.75, 3.05) is 52.4 Å². The summed E-state index contributed by atoms with van der Waals surface area (Å²) in [6.07, 6.45) is 3.52. The first-order chi connectivity index (χ1) is 12.0. The number of aliphatic imine (C=N–C) groups is 1. The SMILES string of the molecule is CCNC(=NCC(C)(O)c1cnn(C)c1)NCC1CN2CCN1CC2.I. The van der Waals surface area contributed by atoms with Crippen molar-refractivity contribution in [3.05, 3.63) is 18.0 Å². The second-order valence-electron chi connectivity index (χ2n) is 7.24. The number of aromatic nitrogens is 2. The summed E-state index contributed by atoms with van der Waals surface area (Å²) >= 11 is 0. The van der Waals surface area contributed by atoms with Crippen LogP contribution in [0.1, 0.15) is 19.4 Å². The second kappa shape index (κ2) is 9.34. The van der Waals surface area contributed by atoms with Gasteiger partial charge in [0.1, 0.15) is 5.60 Å². The number of hydrogen-bond acceptors (Lipinski definition) is 5. The van der Waals surface area contributed by atoms with E-state index in [0.29, 0.717) is 6.04 Å². The Morgan fingerprint density at radius 2 is 2.08 bits per heavy atom. The van der Waals surface area contributed by atoms with Crippen LogP contribution < -0.4 is 10.6 Å². The maximum Gasteiger partial charge on any atom is 0.191 e. The van der Waals surface area contributed by atoms with E-state index in [-0.39, 0.29) is 30.5 Å². The fraction of sp³-hybridized carbons (Fsp3) is 0.765. The Bertz CT molecular complexity index is 596. The minimum atomic E-state index is -1.03. The monoisotopic (exact) mass is 477 g/mol. The van der Waals surface area contributed by atoms with Gasteiger partial charge in [-0.3, -0.25) is 14.5 Å². The Morgan fingerprint density at radius 1 is 1.35 bits per heavy atom. The van der Waals surface area contributed by atoms with Crippen LogP contribution in [0.3, 0.4) is 0 Å². The number of aliphatic hydroxyl groups is 1. The van der Waals surface area contributed by atoms with Gasteiger partial charge >= 0.3 is 0 Å². The molecule has 0 aromatic carbocycles. The fourth-order valence-corrected chi connectivity index (χ4v) is 3.50. The highest BCUT2D eigenvalue weighted by Gasteiger charge is 2.31. The van der Waals surface area contributed by atoms with E-state index in [0.717, 1.165) is 44.2 Å². The smallest absolute Gasteiger partial charge is 0.191 e. The van der Waals surface area contributed by atoms with Gasteiger partial charge in [-0.2, -0.15) is 5.10 Å². The molecule has 1 aromatic rings. The molecule has 3 aliphatic heterocycles. The number of rotatable bonds is 6. The van der Waals surface area contributed by atoms with E-state index in [1.54, 1.807) is 17.8 Å². The molecule has 2 atom stereocenters. The lowest BCUT2D eigenvalue weighted by Crippen LogP contribution is -2.63. The van der Waals surface area contributed by atoms with Crippen LogP contribution in [0.25, 0.3) is 0 Å². The molecule has 3 fully saturated rings. The molecule has 3 saturated heterocycles. The zero-order chi connectivity index (χ0) is 17.9. The number of hydrogen-bond donors (Lipinski definition) is 3. The van der Waals surface area contributed by atoms with Gasteiger partial charge < -0.3 is 15.7 Å². The first-order valence-corrected chi connectivity index (χ1v) is 9.18. The van der Waals surface area contributed by atoms with Gasteiger partial charge in [-0.05, 0) is 13.8 Å². The highest BCUT2D eigenvalue weighted by molar-refractivity contribution is 14.0. The molecule has 4 heterocycles. The molecule has 3 aliphatic rings. The lowest BCUT2D eigenvalue weighted by molar-refractivity contribution is 0.0154. The van der Waals surface area contributed by atoms with Gasteiger partial charge in [0.05, 0.1) is 12.7 Å². The first kappa shape index (κ1) is 21.4. The lowest BCUT2D eigenvalue weighted by Gasteiger charge is -2.47. The largest absolute Gasteiger partial charge is 0.383 e. The van der Waals surface area contributed by atoms with E-state index in [1.165, 1.54) is 13.1 Å². The maximum atomic E-state index is 10.7. The fourth-order valence-electron chi connectivity index (χ4n) is 3.50. The quantitative estimate of drug-likeness (QED) is 0.299. The van der Waals surface area contributed by atoms with Gasteiger partial charge in [-0.25, -0.2) is 4.99 Å². The minimum absolute atomic E-state index is 0. The Morgan fingerprint density at radius 3 is 2.62 bits per heavy atom. The van der Waals surface area contributed by atoms with E-state index < -0.39 is 5.60 Å². The molecule has 8 nitrogen and oxygen atoms in total. The molecule has 0 spiro atoms. The van der Waals surface area contributed by atoms with Gasteiger partial charge in [0.25, 0.3) is 0 Å². The maximum absolute atomic E-state index is 10.7. The number of aryl methyl sites for hydroxylation is 1. The highest BCUT2D eigenvalue weighted by atomic mass is 127. The number of nitrogens with one attached hydrogen (secondary N) is 2. The topological polar surface area (TPSA) is 80.9 Å². The van der Waals surface area contributed by atoms with Crippen molar-refractivity contribution >= 4 is 29.9 Å². The standard InChI is InChI=1S/C17H31N7O.HI/c1-4-18-16(19-10-15-12-23-5-7-24(15)8-6-23)20-13-17(2,25)14-9-21-22(3)11-14;/h9,11,15,25H,4-8,10,12-13H2,1-3H3,(H2,18,19,20);1H. The van der Waals surface area contributed by atoms with Gasteiger partial charge in [0, 0.05) is 70.7 Å². The van der Waals surface area contributed by atoms with Crippen molar-refractivity contribution in [3.8, 4) is 0 Å². The number of piperazine rings is 3. The number of nitrogens with zero attached hydrogens (tertiary/aromatic N) is 5. The van der Waals surface area contributed by atoms with Crippen molar-refractivity contribution in [3.63, 3.8) is 0 Å². The molecule has 4 rings (SSSR count). The summed E-state index contributed by atoms with van der Waals surface area (Å²) in [6.45, 7) is 11.6. The van der Waals surface area contributed by atoms with E-state index in [9.17, 15) is 5.11 Å². The van der Waals surface area contributed by atoms with E-state index in [1.807, 2.05) is 20.2 Å². The van der Waals surface area contributed by atoms with Gasteiger partial charge in [-0.15, -0.1) is 24.0 Å². The third-order valence-electron chi connectivity index (χ3n) is 5.11. The molecular weight excluding hydrogens is 445 g/mol. The zero-order valence-electron chi connectivity index (χ0n) is 16.0. The molecule has 0 amide bonds. The van der Waals surface area contributed by atoms with E-state index in [2.05, 4.69) is 30.5 Å². The summed E-state index contributed by atoms with van der Waals surface area (Å²) in [5, 5.41) is 21.5. The summed E-state index contributed by atoms with van der Waals surface area (Å²) in [5.74, 6) is 0.754. The van der Waals surface area contributed by atoms with Crippen LogP contribution in [0.15, 0.2) is 17.4 Å². The van der Waals surface area contributed by atoms with Crippen LogP contribution in [0.4, 0.5) is 0 Å². The predicted molar refractivity (Wildman–Crippen MR) is 114 cm³/mol. The molecule has 2 unspecified atom stereocenters. The van der Waals surface area contributed by atoms with E-state index >= 15 is 0 Å². The number of halogens is 1. The molecular formula is C17H32IN7O. The Hall–Kier alpha value is -0.910. The number of guanidine groups is 1. The van der Waals surface area contributed by atoms with Gasteiger partial charge in [0.15, 0.2) is 5.96 Å². The van der Waals surface area contributed by atoms with Crippen LogP contribution in [0.5, 0.6) is 0 Å². The molecule has 9 heteroatoms. The Kier molecular flexibility index (Phi) is 7.68. The molecule has 26 heavy (non-hydrogen) atoms. The van der Waals surface area contributed by atoms with Crippen LogP contribution in [0, 0.1) is 0 Å². The van der Waals surface area contributed by atoms with Crippen LogP contribution in [-0.4, -0.2) is 89.0 Å². The second-order valence-corrected chi connectivity index (χ2v) is 7.24.